The Balaban J connectivity index is 1.09. The van der Waals surface area contributed by atoms with Crippen molar-refractivity contribution in [3.8, 4) is 11.5 Å². The molecule has 2 aromatic carbocycles. The van der Waals surface area contributed by atoms with E-state index in [2.05, 4.69) is 0 Å². The molecule has 4 heterocycles. The van der Waals surface area contributed by atoms with E-state index in [1.165, 1.54) is 34.1 Å². The highest BCUT2D eigenvalue weighted by molar-refractivity contribution is 7.82. The lowest BCUT2D eigenvalue weighted by Crippen LogP contribution is -2.47. The van der Waals surface area contributed by atoms with Crippen molar-refractivity contribution in [3.63, 3.8) is 0 Å². The van der Waals surface area contributed by atoms with Gasteiger partial charge in [0, 0.05) is 24.5 Å². The normalized spacial score (nSPS) is 25.5. The van der Waals surface area contributed by atoms with Gasteiger partial charge in [0.1, 0.15) is 23.6 Å². The van der Waals surface area contributed by atoms with Crippen LogP contribution in [-0.4, -0.2) is 79.4 Å². The molecule has 0 aliphatic carbocycles. The van der Waals surface area contributed by atoms with Gasteiger partial charge in [0.15, 0.2) is 0 Å². The molecule has 4 saturated heterocycles. The van der Waals surface area contributed by atoms with Crippen LogP contribution in [0.3, 0.4) is 0 Å². The second kappa shape index (κ2) is 9.83. The zero-order valence-electron chi connectivity index (χ0n) is 21.8. The van der Waals surface area contributed by atoms with Crippen molar-refractivity contribution in [3.05, 3.63) is 48.5 Å². The lowest BCUT2D eigenvalue weighted by molar-refractivity contribution is -0.123. The molecule has 2 aromatic rings. The summed E-state index contributed by atoms with van der Waals surface area (Å²) in [6.07, 6.45) is 2.22. The topological polar surface area (TPSA) is 186 Å². The summed E-state index contributed by atoms with van der Waals surface area (Å²) in [6.45, 7) is 0.787. The average Bonchev–Trinajstić information content (AvgIpc) is 3.32. The number of primary amides is 2. The first kappa shape index (κ1) is 26.7. The molecule has 4 N–H and O–H groups in total. The lowest BCUT2D eigenvalue weighted by atomic mass is 10.00. The molecule has 0 spiro atoms. The van der Waals surface area contributed by atoms with Crippen LogP contribution in [0.25, 0.3) is 0 Å². The molecule has 0 saturated carbocycles. The molecular weight excluding hydrogens is 556 g/mol. The number of nitrogens with two attached hydrogens (primary N) is 2. The summed E-state index contributed by atoms with van der Waals surface area (Å²) in [5.41, 5.74) is 11.9. The van der Waals surface area contributed by atoms with E-state index in [0.717, 1.165) is 0 Å². The number of piperidine rings is 2. The maximum Gasteiger partial charge on any atom is 0.500 e. The first-order valence-corrected chi connectivity index (χ1v) is 14.5. The van der Waals surface area contributed by atoms with Gasteiger partial charge in [-0.3, -0.25) is 19.4 Å². The van der Waals surface area contributed by atoms with Crippen molar-refractivity contribution in [2.24, 2.45) is 11.5 Å². The fourth-order valence-corrected chi connectivity index (χ4v) is 6.88. The third-order valence-corrected chi connectivity index (χ3v) is 8.82. The summed E-state index contributed by atoms with van der Waals surface area (Å²) in [7, 11) is -4.52. The number of carbonyl (C=O) groups excluding carboxylic acids is 4. The zero-order valence-corrected chi connectivity index (χ0v) is 22.6. The Labute approximate surface area is 235 Å². The molecule has 4 fully saturated rings. The molecule has 15 heteroatoms. The maximum absolute atomic E-state index is 12.9. The molecule has 216 valence electrons. The van der Waals surface area contributed by atoms with Gasteiger partial charge < -0.3 is 29.6 Å². The maximum atomic E-state index is 12.9. The molecule has 6 rings (SSSR count). The summed E-state index contributed by atoms with van der Waals surface area (Å²) in [5.74, 6) is -1.12. The quantitative estimate of drug-likeness (QED) is 0.458. The van der Waals surface area contributed by atoms with E-state index in [1.54, 1.807) is 34.1 Å². The molecule has 4 aliphatic heterocycles. The number of nitrogens with zero attached hydrogens (tertiary/aromatic N) is 4. The standard InChI is InChI=1S/C26H28N6O8S/c27-23(33)21-11-5-17-13-29(21)25(35)31(17)15-1-7-19(8-2-15)39-41(37,38)40-20-9-3-16(4-10-20)32-18-6-12-22(24(28)34)30(14-18)26(32)36/h1-4,7-10,17-18,21-22H,5-6,11-14H2,(H2,27,33)(H2,28,34). The van der Waals surface area contributed by atoms with Gasteiger partial charge in [-0.15, -0.1) is 8.42 Å². The number of carbonyl (C=O) groups is 4. The van der Waals surface area contributed by atoms with Crippen LogP contribution in [0, 0.1) is 0 Å². The summed E-state index contributed by atoms with van der Waals surface area (Å²) in [6, 6.07) is 9.70. The van der Waals surface area contributed by atoms with Crippen molar-refractivity contribution >= 4 is 45.7 Å². The van der Waals surface area contributed by atoms with Gasteiger partial charge in [-0.25, -0.2) is 9.59 Å². The van der Waals surface area contributed by atoms with E-state index in [0.29, 0.717) is 50.1 Å². The minimum Gasteiger partial charge on any atom is -0.368 e. The van der Waals surface area contributed by atoms with E-state index >= 15 is 0 Å². The Morgan fingerprint density at radius 3 is 1.37 bits per heavy atom. The van der Waals surface area contributed by atoms with Crippen LogP contribution in [0.1, 0.15) is 25.7 Å². The van der Waals surface area contributed by atoms with E-state index in [4.69, 9.17) is 19.8 Å². The zero-order chi connectivity index (χ0) is 29.1. The summed E-state index contributed by atoms with van der Waals surface area (Å²) in [4.78, 5) is 55.2. The van der Waals surface area contributed by atoms with Gasteiger partial charge in [-0.05, 0) is 74.2 Å². The molecule has 41 heavy (non-hydrogen) atoms. The van der Waals surface area contributed by atoms with Crippen molar-refractivity contribution in [1.29, 1.82) is 0 Å². The Bertz CT molecular complexity index is 1410. The van der Waals surface area contributed by atoms with Crippen molar-refractivity contribution in [2.45, 2.75) is 49.9 Å². The second-order valence-electron chi connectivity index (χ2n) is 10.5. The Morgan fingerprint density at radius 2 is 1.02 bits per heavy atom. The molecule has 6 amide bonds. The third kappa shape index (κ3) is 4.75. The van der Waals surface area contributed by atoms with Crippen LogP contribution < -0.4 is 29.6 Å². The number of anilines is 2. The number of urea groups is 2. The SMILES string of the molecule is NC(=O)C1CCC2CN1C(=O)N2c1ccc(OS(=O)(=O)Oc2ccc(N3C(=O)N4CC3CCC4C(N)=O)cc2)cc1. The highest BCUT2D eigenvalue weighted by atomic mass is 32.3. The number of benzene rings is 2. The number of hydrogen-bond donors (Lipinski definition) is 2. The predicted octanol–water partition coefficient (Wildman–Crippen LogP) is 0.906. The van der Waals surface area contributed by atoms with E-state index in [-0.39, 0.29) is 35.6 Å². The molecule has 4 atom stereocenters. The molecular formula is C26H28N6O8S. The monoisotopic (exact) mass is 584 g/mol. The minimum absolute atomic E-state index is 0.0247. The number of amides is 6. The highest BCUT2D eigenvalue weighted by Gasteiger charge is 2.48. The van der Waals surface area contributed by atoms with E-state index < -0.39 is 34.3 Å². The first-order chi connectivity index (χ1) is 19.5. The first-order valence-electron chi connectivity index (χ1n) is 13.1. The van der Waals surface area contributed by atoms with Crippen LogP contribution in [0.5, 0.6) is 11.5 Å². The molecule has 4 bridgehead atoms. The van der Waals surface area contributed by atoms with Crippen molar-refractivity contribution < 1.29 is 36.0 Å². The largest absolute Gasteiger partial charge is 0.500 e. The van der Waals surface area contributed by atoms with Gasteiger partial charge in [-0.1, -0.05) is 0 Å². The Kier molecular flexibility index (Phi) is 6.40. The number of hydrogen-bond acceptors (Lipinski definition) is 8. The van der Waals surface area contributed by atoms with Gasteiger partial charge >= 0.3 is 22.5 Å². The average molecular weight is 585 g/mol. The second-order valence-corrected chi connectivity index (χ2v) is 11.6. The van der Waals surface area contributed by atoms with Gasteiger partial charge in [0.25, 0.3) is 0 Å². The van der Waals surface area contributed by atoms with Gasteiger partial charge in [0.05, 0.1) is 12.1 Å². The minimum atomic E-state index is -4.52. The Hall–Kier alpha value is -4.53. The van der Waals surface area contributed by atoms with Crippen LogP contribution in [-0.2, 0) is 20.0 Å². The van der Waals surface area contributed by atoms with E-state index in [9.17, 15) is 27.6 Å². The van der Waals surface area contributed by atoms with Crippen LogP contribution in [0.15, 0.2) is 48.5 Å². The van der Waals surface area contributed by atoms with Gasteiger partial charge in [-0.2, -0.15) is 0 Å². The van der Waals surface area contributed by atoms with Crippen molar-refractivity contribution in [1.82, 2.24) is 9.80 Å². The summed E-state index contributed by atoms with van der Waals surface area (Å²) in [5, 5.41) is 0. The molecule has 14 nitrogen and oxygen atoms in total. The molecule has 0 radical (unpaired) electrons. The smallest absolute Gasteiger partial charge is 0.368 e. The van der Waals surface area contributed by atoms with Crippen LogP contribution in [0.4, 0.5) is 21.0 Å². The van der Waals surface area contributed by atoms with E-state index in [1.807, 2.05) is 0 Å². The number of rotatable bonds is 8. The summed E-state index contributed by atoms with van der Waals surface area (Å²) < 4.78 is 35.3. The lowest BCUT2D eigenvalue weighted by Gasteiger charge is -2.28. The molecule has 4 aliphatic rings. The predicted molar refractivity (Wildman–Crippen MR) is 144 cm³/mol. The molecule has 4 unspecified atom stereocenters. The highest BCUT2D eigenvalue weighted by Crippen LogP contribution is 2.36. The third-order valence-electron chi connectivity index (χ3n) is 8.03. The van der Waals surface area contributed by atoms with Crippen LogP contribution >= 0.6 is 0 Å². The summed E-state index contributed by atoms with van der Waals surface area (Å²) >= 11 is 0. The Morgan fingerprint density at radius 1 is 0.659 bits per heavy atom. The number of fused-ring (bicyclic) bond motifs is 4. The van der Waals surface area contributed by atoms with Crippen LogP contribution in [0.2, 0.25) is 0 Å². The molecule has 0 aromatic heterocycles. The van der Waals surface area contributed by atoms with Gasteiger partial charge in [0.2, 0.25) is 11.8 Å². The fourth-order valence-electron chi connectivity index (χ4n) is 6.15. The van der Waals surface area contributed by atoms with Crippen molar-refractivity contribution in [2.75, 3.05) is 22.9 Å². The fraction of sp³-hybridized carbons (Fsp3) is 0.385.